The third kappa shape index (κ3) is 3.10. The number of carbonyl (C=O) groups excluding carboxylic acids is 1. The molecule has 1 atom stereocenters. The van der Waals surface area contributed by atoms with Crippen molar-refractivity contribution < 1.29 is 19.4 Å². The molecular formula is C22H21NO4. The molecule has 2 aliphatic rings. The van der Waals surface area contributed by atoms with Crippen molar-refractivity contribution in [3.05, 3.63) is 71.8 Å². The van der Waals surface area contributed by atoms with Crippen LogP contribution >= 0.6 is 0 Å². The predicted octanol–water partition coefficient (Wildman–Crippen LogP) is 4.04. The van der Waals surface area contributed by atoms with Crippen LogP contribution in [0.25, 0.3) is 11.1 Å². The normalized spacial score (nSPS) is 18.7. The van der Waals surface area contributed by atoms with Gasteiger partial charge in [-0.05, 0) is 35.1 Å². The van der Waals surface area contributed by atoms with E-state index in [0.717, 1.165) is 27.8 Å². The summed E-state index contributed by atoms with van der Waals surface area (Å²) in [6.45, 7) is 4.37. The maximum atomic E-state index is 12.6. The van der Waals surface area contributed by atoms with Crippen LogP contribution in [0.1, 0.15) is 29.9 Å². The van der Waals surface area contributed by atoms with E-state index in [1.54, 1.807) is 0 Å². The Labute approximate surface area is 157 Å². The van der Waals surface area contributed by atoms with E-state index in [4.69, 9.17) is 4.74 Å². The zero-order valence-electron chi connectivity index (χ0n) is 14.9. The van der Waals surface area contributed by atoms with Crippen LogP contribution in [0.2, 0.25) is 0 Å². The molecule has 138 valence electrons. The number of likely N-dealkylation sites (tertiary alicyclic amines) is 1. The second-order valence-corrected chi connectivity index (χ2v) is 7.06. The number of aliphatic carboxylic acids is 1. The molecule has 0 saturated carbocycles. The van der Waals surface area contributed by atoms with Gasteiger partial charge in [0, 0.05) is 12.5 Å². The highest BCUT2D eigenvalue weighted by molar-refractivity contribution is 5.81. The van der Waals surface area contributed by atoms with Crippen LogP contribution in [0.5, 0.6) is 0 Å². The highest BCUT2D eigenvalue weighted by Gasteiger charge is 2.35. The number of ether oxygens (including phenoxy) is 1. The molecule has 2 aromatic carbocycles. The number of benzene rings is 2. The minimum absolute atomic E-state index is 0.0376. The largest absolute Gasteiger partial charge is 0.480 e. The monoisotopic (exact) mass is 363 g/mol. The molecule has 0 radical (unpaired) electrons. The van der Waals surface area contributed by atoms with Gasteiger partial charge in [0.15, 0.2) is 0 Å². The van der Waals surface area contributed by atoms with Gasteiger partial charge in [-0.3, -0.25) is 4.90 Å². The summed E-state index contributed by atoms with van der Waals surface area (Å²) < 4.78 is 5.59. The predicted molar refractivity (Wildman–Crippen MR) is 102 cm³/mol. The van der Waals surface area contributed by atoms with Gasteiger partial charge in [0.1, 0.15) is 12.6 Å². The quantitative estimate of drug-likeness (QED) is 0.836. The van der Waals surface area contributed by atoms with Crippen molar-refractivity contribution >= 4 is 12.1 Å². The third-order valence-electron chi connectivity index (χ3n) is 5.42. The minimum atomic E-state index is -1.02. The number of hydrogen-bond acceptors (Lipinski definition) is 3. The zero-order chi connectivity index (χ0) is 19.0. The Morgan fingerprint density at radius 1 is 1.07 bits per heavy atom. The molecule has 0 bridgehead atoms. The van der Waals surface area contributed by atoms with Crippen molar-refractivity contribution in [3.63, 3.8) is 0 Å². The number of piperidine rings is 1. The van der Waals surface area contributed by atoms with E-state index in [-0.39, 0.29) is 18.9 Å². The summed E-state index contributed by atoms with van der Waals surface area (Å²) >= 11 is 0. The Hall–Kier alpha value is -3.08. The number of nitrogens with zero attached hydrogens (tertiary/aromatic N) is 1. The molecule has 1 aliphatic carbocycles. The van der Waals surface area contributed by atoms with E-state index in [0.29, 0.717) is 13.0 Å². The number of carboxylic acid groups (broad SMARTS) is 1. The lowest BCUT2D eigenvalue weighted by molar-refractivity contribution is -0.143. The first-order valence-corrected chi connectivity index (χ1v) is 9.07. The van der Waals surface area contributed by atoms with Crippen molar-refractivity contribution in [1.82, 2.24) is 4.90 Å². The van der Waals surface area contributed by atoms with Crippen LogP contribution in [0, 0.1) is 0 Å². The average Bonchev–Trinajstić information content (AvgIpc) is 3.00. The summed E-state index contributed by atoms with van der Waals surface area (Å²) in [6, 6.07) is 15.3. The molecule has 0 spiro atoms. The fourth-order valence-corrected chi connectivity index (χ4v) is 4.04. The molecule has 27 heavy (non-hydrogen) atoms. The van der Waals surface area contributed by atoms with Crippen LogP contribution in [0.4, 0.5) is 4.79 Å². The molecule has 1 aliphatic heterocycles. The number of fused-ring (bicyclic) bond motifs is 3. The van der Waals surface area contributed by atoms with Crippen molar-refractivity contribution in [2.24, 2.45) is 0 Å². The Kier molecular flexibility index (Phi) is 4.44. The Balaban J connectivity index is 1.53. The summed E-state index contributed by atoms with van der Waals surface area (Å²) in [5.41, 5.74) is 5.44. The molecular weight excluding hydrogens is 342 g/mol. The molecule has 1 amide bonds. The lowest BCUT2D eigenvalue weighted by Crippen LogP contribution is -2.48. The van der Waals surface area contributed by atoms with E-state index in [1.165, 1.54) is 4.90 Å². The van der Waals surface area contributed by atoms with Gasteiger partial charge in [0.25, 0.3) is 0 Å². The van der Waals surface area contributed by atoms with E-state index in [9.17, 15) is 14.7 Å². The Morgan fingerprint density at radius 2 is 1.67 bits per heavy atom. The van der Waals surface area contributed by atoms with Gasteiger partial charge in [-0.15, -0.1) is 0 Å². The minimum Gasteiger partial charge on any atom is -0.480 e. The van der Waals surface area contributed by atoms with Crippen LogP contribution in [0.3, 0.4) is 0 Å². The molecule has 5 nitrogen and oxygen atoms in total. The number of rotatable bonds is 3. The molecule has 0 aromatic heterocycles. The van der Waals surface area contributed by atoms with Crippen molar-refractivity contribution in [2.75, 3.05) is 13.2 Å². The molecule has 2 aromatic rings. The van der Waals surface area contributed by atoms with E-state index in [1.807, 2.05) is 24.3 Å². The van der Waals surface area contributed by atoms with E-state index < -0.39 is 18.1 Å². The number of carbonyl (C=O) groups is 2. The van der Waals surface area contributed by atoms with Crippen LogP contribution < -0.4 is 0 Å². The van der Waals surface area contributed by atoms with Gasteiger partial charge >= 0.3 is 12.1 Å². The van der Waals surface area contributed by atoms with E-state index in [2.05, 4.69) is 30.8 Å². The Morgan fingerprint density at radius 3 is 2.26 bits per heavy atom. The van der Waals surface area contributed by atoms with Crippen LogP contribution in [0.15, 0.2) is 60.7 Å². The zero-order valence-corrected chi connectivity index (χ0v) is 14.9. The lowest BCUT2D eigenvalue weighted by Gasteiger charge is -2.33. The lowest BCUT2D eigenvalue weighted by atomic mass is 9.98. The highest BCUT2D eigenvalue weighted by Crippen LogP contribution is 2.44. The van der Waals surface area contributed by atoms with Crippen LogP contribution in [-0.4, -0.2) is 41.3 Å². The van der Waals surface area contributed by atoms with Crippen molar-refractivity contribution in [3.8, 4) is 11.1 Å². The first-order chi connectivity index (χ1) is 13.1. The summed E-state index contributed by atoms with van der Waals surface area (Å²) in [4.78, 5) is 25.4. The fourth-order valence-electron chi connectivity index (χ4n) is 4.04. The number of amides is 1. The second-order valence-electron chi connectivity index (χ2n) is 7.06. The third-order valence-corrected chi connectivity index (χ3v) is 5.42. The van der Waals surface area contributed by atoms with Gasteiger partial charge in [-0.1, -0.05) is 60.7 Å². The van der Waals surface area contributed by atoms with Gasteiger partial charge < -0.3 is 9.84 Å². The molecule has 1 heterocycles. The number of hydrogen-bond donors (Lipinski definition) is 1. The van der Waals surface area contributed by atoms with Gasteiger partial charge in [0.05, 0.1) is 0 Å². The molecule has 4 rings (SSSR count). The molecule has 1 N–H and O–H groups in total. The van der Waals surface area contributed by atoms with Gasteiger partial charge in [-0.2, -0.15) is 0 Å². The summed E-state index contributed by atoms with van der Waals surface area (Å²) in [5, 5.41) is 9.42. The topological polar surface area (TPSA) is 66.8 Å². The fraction of sp³-hybridized carbons (Fsp3) is 0.273. The highest BCUT2D eigenvalue weighted by atomic mass is 16.6. The average molecular weight is 363 g/mol. The van der Waals surface area contributed by atoms with Crippen molar-refractivity contribution in [1.29, 1.82) is 0 Å². The van der Waals surface area contributed by atoms with E-state index >= 15 is 0 Å². The smallest absolute Gasteiger partial charge is 0.410 e. The maximum absolute atomic E-state index is 12.6. The molecule has 1 fully saturated rings. The number of carboxylic acids is 1. The van der Waals surface area contributed by atoms with Gasteiger partial charge in [-0.25, -0.2) is 9.59 Å². The Bertz CT molecular complexity index is 875. The summed E-state index contributed by atoms with van der Waals surface area (Å²) in [7, 11) is 0. The SMILES string of the molecule is C=C1CCN(C(=O)OCC2c3ccccc3-c3ccccc32)C(C(=O)O)C1. The molecule has 5 heteroatoms. The van der Waals surface area contributed by atoms with Crippen molar-refractivity contribution in [2.45, 2.75) is 24.8 Å². The summed E-state index contributed by atoms with van der Waals surface area (Å²) in [6.07, 6.45) is 0.310. The first-order valence-electron chi connectivity index (χ1n) is 9.07. The first kappa shape index (κ1) is 17.3. The standard InChI is InChI=1S/C22H21NO4/c1-14-10-11-23(20(12-14)21(24)25)22(26)27-13-19-17-8-4-2-6-15(17)16-7-3-5-9-18(16)19/h2-9,19-20H,1,10-13H2,(H,24,25). The maximum Gasteiger partial charge on any atom is 0.410 e. The van der Waals surface area contributed by atoms with Crippen LogP contribution in [-0.2, 0) is 9.53 Å². The van der Waals surface area contributed by atoms with Gasteiger partial charge in [0.2, 0.25) is 0 Å². The second kappa shape index (κ2) is 6.91. The molecule has 1 unspecified atom stereocenters. The molecule has 1 saturated heterocycles. The summed E-state index contributed by atoms with van der Waals surface area (Å²) in [5.74, 6) is -1.06.